The van der Waals surface area contributed by atoms with E-state index in [1.807, 2.05) is 46.6 Å². The molecule has 4 aromatic rings. The second kappa shape index (κ2) is 8.45. The summed E-state index contributed by atoms with van der Waals surface area (Å²) < 4.78 is 1.91. The van der Waals surface area contributed by atoms with E-state index in [0.717, 1.165) is 16.1 Å². The third-order valence-electron chi connectivity index (χ3n) is 4.08. The lowest BCUT2D eigenvalue weighted by Gasteiger charge is -2.00. The van der Waals surface area contributed by atoms with Crippen LogP contribution in [0.25, 0.3) is 16.6 Å². The molecule has 0 saturated carbocycles. The number of amides is 1. The Kier molecular flexibility index (Phi) is 5.40. The van der Waals surface area contributed by atoms with Crippen LogP contribution in [0.15, 0.2) is 84.6 Å². The van der Waals surface area contributed by atoms with Crippen molar-refractivity contribution >= 4 is 29.0 Å². The fourth-order valence-electron chi connectivity index (χ4n) is 2.80. The molecule has 1 N–H and O–H groups in total. The van der Waals surface area contributed by atoms with Crippen molar-refractivity contribution < 1.29 is 4.79 Å². The molecule has 28 heavy (non-hydrogen) atoms. The summed E-state index contributed by atoms with van der Waals surface area (Å²) in [4.78, 5) is 17.3. The van der Waals surface area contributed by atoms with Gasteiger partial charge in [-0.25, -0.2) is 0 Å². The zero-order chi connectivity index (χ0) is 19.2. The first-order chi connectivity index (χ1) is 13.8. The second-order valence-corrected chi connectivity index (χ2v) is 7.11. The second-order valence-electron chi connectivity index (χ2n) is 6.16. The lowest BCUT2D eigenvalue weighted by atomic mass is 10.2. The number of carbonyl (C=O) groups is 1. The molecule has 0 spiro atoms. The third-order valence-corrected chi connectivity index (χ3v) is 4.95. The van der Waals surface area contributed by atoms with E-state index in [9.17, 15) is 4.79 Å². The summed E-state index contributed by atoms with van der Waals surface area (Å²) in [6.45, 7) is 0.676. The summed E-state index contributed by atoms with van der Waals surface area (Å²) in [5, 5.41) is 9.57. The van der Waals surface area contributed by atoms with E-state index >= 15 is 0 Å². The number of rotatable bonds is 6. The fourth-order valence-corrected chi connectivity index (χ4v) is 3.53. The van der Waals surface area contributed by atoms with Crippen LogP contribution in [-0.2, 0) is 11.3 Å². The quantitative estimate of drug-likeness (QED) is 0.488. The average molecular weight is 386 g/mol. The van der Waals surface area contributed by atoms with Crippen LogP contribution in [0.5, 0.6) is 0 Å². The van der Waals surface area contributed by atoms with Crippen molar-refractivity contribution in [3.63, 3.8) is 0 Å². The Morgan fingerprint density at radius 2 is 2.00 bits per heavy atom. The maximum Gasteiger partial charge on any atom is 0.248 e. The van der Waals surface area contributed by atoms with Crippen LogP contribution >= 0.6 is 11.3 Å². The van der Waals surface area contributed by atoms with Crippen molar-refractivity contribution in [1.29, 1.82) is 0 Å². The average Bonchev–Trinajstić information content (AvgIpc) is 3.38. The highest BCUT2D eigenvalue weighted by molar-refractivity contribution is 7.13. The zero-order valence-corrected chi connectivity index (χ0v) is 15.8. The van der Waals surface area contributed by atoms with Crippen molar-refractivity contribution in [2.45, 2.75) is 6.54 Å². The first-order valence-electron chi connectivity index (χ1n) is 8.82. The van der Waals surface area contributed by atoms with E-state index in [0.29, 0.717) is 12.2 Å². The fraction of sp³-hybridized carbons (Fsp3) is 0.0455. The van der Waals surface area contributed by atoms with E-state index in [1.165, 1.54) is 11.6 Å². The predicted molar refractivity (Wildman–Crippen MR) is 113 cm³/mol. The van der Waals surface area contributed by atoms with Gasteiger partial charge in [0.2, 0.25) is 5.91 Å². The van der Waals surface area contributed by atoms with Gasteiger partial charge >= 0.3 is 0 Å². The number of nitrogens with zero attached hydrogens (tertiary/aromatic N) is 3. The molecule has 0 bridgehead atoms. The maximum absolute atomic E-state index is 12.2. The monoisotopic (exact) mass is 386 g/mol. The Morgan fingerprint density at radius 1 is 1.11 bits per heavy atom. The number of pyridine rings is 1. The molecular formula is C22H18N4OS. The number of anilines is 1. The third kappa shape index (κ3) is 4.42. The predicted octanol–water partition coefficient (Wildman–Crippen LogP) is 4.71. The van der Waals surface area contributed by atoms with Gasteiger partial charge in [-0.05, 0) is 35.2 Å². The summed E-state index contributed by atoms with van der Waals surface area (Å²) >= 11 is 1.63. The largest absolute Gasteiger partial charge is 0.321 e. The summed E-state index contributed by atoms with van der Waals surface area (Å²) in [5.74, 6) is -0.207. The van der Waals surface area contributed by atoms with E-state index in [2.05, 4.69) is 22.4 Å². The van der Waals surface area contributed by atoms with Gasteiger partial charge in [0.25, 0.3) is 0 Å². The van der Waals surface area contributed by atoms with Crippen LogP contribution in [0.2, 0.25) is 0 Å². The molecule has 0 aliphatic rings. The molecule has 0 fully saturated rings. The van der Waals surface area contributed by atoms with Gasteiger partial charge in [-0.2, -0.15) is 5.10 Å². The first-order valence-corrected chi connectivity index (χ1v) is 9.70. The van der Waals surface area contributed by atoms with Gasteiger partial charge in [-0.15, -0.1) is 11.3 Å². The van der Waals surface area contributed by atoms with Gasteiger partial charge in [0.05, 0.1) is 23.3 Å². The summed E-state index contributed by atoms with van der Waals surface area (Å²) in [6.07, 6.45) is 8.57. The van der Waals surface area contributed by atoms with Crippen molar-refractivity contribution in [2.24, 2.45) is 0 Å². The Morgan fingerprint density at radius 3 is 2.75 bits per heavy atom. The molecule has 0 atom stereocenters. The Hall–Kier alpha value is -3.51. The molecule has 3 heterocycles. The van der Waals surface area contributed by atoms with Crippen molar-refractivity contribution in [2.75, 3.05) is 5.32 Å². The summed E-state index contributed by atoms with van der Waals surface area (Å²) in [7, 11) is 0. The van der Waals surface area contributed by atoms with Crippen LogP contribution in [-0.4, -0.2) is 20.7 Å². The lowest BCUT2D eigenvalue weighted by molar-refractivity contribution is -0.111. The number of benzene rings is 1. The highest BCUT2D eigenvalue weighted by Crippen LogP contribution is 2.27. The number of carbonyl (C=O) groups excluding carboxylic acids is 1. The van der Waals surface area contributed by atoms with Crippen LogP contribution in [0.1, 0.15) is 11.1 Å². The molecule has 3 aromatic heterocycles. The topological polar surface area (TPSA) is 59.8 Å². The Labute approximate surface area is 167 Å². The van der Waals surface area contributed by atoms with Crippen LogP contribution in [0.4, 0.5) is 5.69 Å². The summed E-state index contributed by atoms with van der Waals surface area (Å²) in [5.41, 5.74) is 3.61. The van der Waals surface area contributed by atoms with E-state index in [4.69, 9.17) is 5.10 Å². The number of nitrogens with one attached hydrogen (secondary N) is 1. The molecule has 5 nitrogen and oxygen atoms in total. The van der Waals surface area contributed by atoms with Gasteiger partial charge in [0.1, 0.15) is 5.69 Å². The molecular weight excluding hydrogens is 368 g/mol. The smallest absolute Gasteiger partial charge is 0.248 e. The van der Waals surface area contributed by atoms with Crippen molar-refractivity contribution in [3.05, 3.63) is 95.8 Å². The molecule has 0 aliphatic carbocycles. The van der Waals surface area contributed by atoms with Gasteiger partial charge < -0.3 is 5.32 Å². The maximum atomic E-state index is 12.2. The molecule has 0 saturated heterocycles. The van der Waals surface area contributed by atoms with Crippen LogP contribution in [0, 0.1) is 0 Å². The van der Waals surface area contributed by atoms with E-state index < -0.39 is 0 Å². The standard InChI is InChI=1S/C22H18N4OS/c27-21(24-19-8-4-12-23-14-19)11-10-18-16-26(15-17-6-2-1-3-7-17)25-22(18)20-9-5-13-28-20/h1-14,16H,15H2,(H,24,27)/b11-10+. The minimum absolute atomic E-state index is 0.207. The molecule has 138 valence electrons. The number of aromatic nitrogens is 3. The van der Waals surface area contributed by atoms with Crippen molar-refractivity contribution in [3.8, 4) is 10.6 Å². The van der Waals surface area contributed by atoms with Crippen LogP contribution < -0.4 is 5.32 Å². The molecule has 1 amide bonds. The minimum atomic E-state index is -0.207. The highest BCUT2D eigenvalue weighted by Gasteiger charge is 2.11. The normalized spacial score (nSPS) is 11.0. The molecule has 6 heteroatoms. The molecule has 0 aliphatic heterocycles. The van der Waals surface area contributed by atoms with Gasteiger partial charge in [0.15, 0.2) is 0 Å². The molecule has 0 radical (unpaired) electrons. The number of hydrogen-bond acceptors (Lipinski definition) is 4. The van der Waals surface area contributed by atoms with Gasteiger partial charge in [-0.3, -0.25) is 14.5 Å². The Balaban J connectivity index is 1.57. The SMILES string of the molecule is O=C(/C=C/c1cn(Cc2ccccc2)nc1-c1cccs1)Nc1cccnc1. The van der Waals surface area contributed by atoms with E-state index in [-0.39, 0.29) is 5.91 Å². The molecule has 1 aromatic carbocycles. The number of thiophene rings is 1. The number of hydrogen-bond donors (Lipinski definition) is 1. The Bertz CT molecular complexity index is 1070. The highest BCUT2D eigenvalue weighted by atomic mass is 32.1. The lowest BCUT2D eigenvalue weighted by Crippen LogP contribution is -2.07. The minimum Gasteiger partial charge on any atom is -0.321 e. The van der Waals surface area contributed by atoms with Crippen LogP contribution in [0.3, 0.4) is 0 Å². The first kappa shape index (κ1) is 17.9. The molecule has 4 rings (SSSR count). The van der Waals surface area contributed by atoms with Gasteiger partial charge in [-0.1, -0.05) is 36.4 Å². The van der Waals surface area contributed by atoms with E-state index in [1.54, 1.807) is 41.9 Å². The molecule has 0 unspecified atom stereocenters. The summed E-state index contributed by atoms with van der Waals surface area (Å²) in [6, 6.07) is 17.8. The van der Waals surface area contributed by atoms with Crippen molar-refractivity contribution in [1.82, 2.24) is 14.8 Å². The zero-order valence-electron chi connectivity index (χ0n) is 15.0. The van der Waals surface area contributed by atoms with Gasteiger partial charge in [0, 0.05) is 24.0 Å².